The summed E-state index contributed by atoms with van der Waals surface area (Å²) >= 11 is 0. The van der Waals surface area contributed by atoms with Crippen LogP contribution in [0.3, 0.4) is 0 Å². The summed E-state index contributed by atoms with van der Waals surface area (Å²) < 4.78 is 34.3. The molecule has 1 N–H and O–H groups in total. The van der Waals surface area contributed by atoms with Crippen LogP contribution in [-0.2, 0) is 21.4 Å². The number of aryl methyl sites for hydroxylation is 1. The summed E-state index contributed by atoms with van der Waals surface area (Å²) in [5.74, 6) is 0.537. The molecule has 2 aliphatic rings. The molecule has 0 bridgehead atoms. The SMILES string of the molecule is Cc1cnc(N[C@@H]2CCC[C@H](N3CCN(C(=O)OCc4ccccc4)CC3)C2)nc1-c1cn(S(=O)(=O)c2ccccc2)c2ccccc12. The van der Waals surface area contributed by atoms with E-state index in [9.17, 15) is 13.2 Å². The summed E-state index contributed by atoms with van der Waals surface area (Å²) in [7, 11) is -3.81. The highest BCUT2D eigenvalue weighted by Crippen LogP contribution is 2.34. The number of piperazine rings is 1. The zero-order chi connectivity index (χ0) is 33.1. The highest BCUT2D eigenvalue weighted by molar-refractivity contribution is 7.90. The summed E-state index contributed by atoms with van der Waals surface area (Å²) in [5.41, 5.74) is 3.89. The van der Waals surface area contributed by atoms with Crippen molar-refractivity contribution in [3.63, 3.8) is 0 Å². The summed E-state index contributed by atoms with van der Waals surface area (Å²) in [6.07, 6.45) is 7.41. The van der Waals surface area contributed by atoms with Gasteiger partial charge < -0.3 is 15.0 Å². The number of hydrogen-bond donors (Lipinski definition) is 1. The van der Waals surface area contributed by atoms with Gasteiger partial charge in [0.05, 0.1) is 16.1 Å². The number of hydrogen-bond acceptors (Lipinski definition) is 8. The molecule has 7 rings (SSSR count). The molecule has 1 aliphatic heterocycles. The third-order valence-electron chi connectivity index (χ3n) is 9.48. The first-order chi connectivity index (χ1) is 23.4. The number of carbonyl (C=O) groups excluding carboxylic acids is 1. The molecule has 0 spiro atoms. The monoisotopic (exact) mass is 664 g/mol. The number of anilines is 1. The minimum atomic E-state index is -3.81. The van der Waals surface area contributed by atoms with Gasteiger partial charge in [-0.05, 0) is 61.9 Å². The van der Waals surface area contributed by atoms with Crippen LogP contribution in [0.15, 0.2) is 102 Å². The predicted octanol–water partition coefficient (Wildman–Crippen LogP) is 6.32. The van der Waals surface area contributed by atoms with E-state index in [1.54, 1.807) is 42.7 Å². The van der Waals surface area contributed by atoms with Gasteiger partial charge in [-0.2, -0.15) is 0 Å². The molecule has 3 aromatic carbocycles. The first-order valence-electron chi connectivity index (χ1n) is 16.6. The normalized spacial score (nSPS) is 18.9. The highest BCUT2D eigenvalue weighted by atomic mass is 32.2. The number of ether oxygens (including phenoxy) is 1. The second kappa shape index (κ2) is 13.8. The minimum absolute atomic E-state index is 0.202. The van der Waals surface area contributed by atoms with Crippen molar-refractivity contribution >= 4 is 33.0 Å². The van der Waals surface area contributed by atoms with Crippen LogP contribution in [0.4, 0.5) is 10.7 Å². The Labute approximate surface area is 281 Å². The number of benzene rings is 3. The van der Waals surface area contributed by atoms with Crippen molar-refractivity contribution in [1.29, 1.82) is 0 Å². The Morgan fingerprint density at radius 2 is 1.62 bits per heavy atom. The molecule has 5 aromatic rings. The van der Waals surface area contributed by atoms with Crippen LogP contribution < -0.4 is 5.32 Å². The molecule has 10 nitrogen and oxygen atoms in total. The van der Waals surface area contributed by atoms with E-state index in [2.05, 4.69) is 15.2 Å². The molecule has 1 saturated carbocycles. The van der Waals surface area contributed by atoms with E-state index in [4.69, 9.17) is 9.72 Å². The molecule has 1 amide bonds. The smallest absolute Gasteiger partial charge is 0.410 e. The first kappa shape index (κ1) is 31.8. The predicted molar refractivity (Wildman–Crippen MR) is 186 cm³/mol. The fraction of sp³-hybridized carbons (Fsp3) is 0.324. The van der Waals surface area contributed by atoms with Crippen molar-refractivity contribution in [2.75, 3.05) is 31.5 Å². The number of carbonyl (C=O) groups is 1. The number of nitrogens with zero attached hydrogens (tertiary/aromatic N) is 5. The minimum Gasteiger partial charge on any atom is -0.445 e. The maximum atomic E-state index is 13.7. The Kier molecular flexibility index (Phi) is 9.14. The van der Waals surface area contributed by atoms with Crippen LogP contribution in [0.25, 0.3) is 22.2 Å². The zero-order valence-corrected chi connectivity index (χ0v) is 27.9. The lowest BCUT2D eigenvalue weighted by molar-refractivity contribution is 0.0518. The van der Waals surface area contributed by atoms with Crippen LogP contribution in [0.1, 0.15) is 36.8 Å². The topological polar surface area (TPSA) is 110 Å². The van der Waals surface area contributed by atoms with E-state index >= 15 is 0 Å². The summed E-state index contributed by atoms with van der Waals surface area (Å²) in [5, 5.41) is 4.41. The van der Waals surface area contributed by atoms with Crippen molar-refractivity contribution in [1.82, 2.24) is 23.7 Å². The number of rotatable bonds is 8. The van der Waals surface area contributed by atoms with Gasteiger partial charge in [-0.3, -0.25) is 4.90 Å². The number of para-hydroxylation sites is 1. The lowest BCUT2D eigenvalue weighted by Gasteiger charge is -2.42. The fourth-order valence-corrected chi connectivity index (χ4v) is 8.31. The number of aromatic nitrogens is 3. The van der Waals surface area contributed by atoms with Gasteiger partial charge in [-0.15, -0.1) is 0 Å². The number of amides is 1. The van der Waals surface area contributed by atoms with Crippen molar-refractivity contribution < 1.29 is 17.9 Å². The molecule has 2 aromatic heterocycles. The van der Waals surface area contributed by atoms with Crippen LogP contribution in [0, 0.1) is 6.92 Å². The van der Waals surface area contributed by atoms with Crippen LogP contribution in [-0.4, -0.2) is 76.5 Å². The zero-order valence-electron chi connectivity index (χ0n) is 27.0. The highest BCUT2D eigenvalue weighted by Gasteiger charge is 2.31. The van der Waals surface area contributed by atoms with Gasteiger partial charge in [0.2, 0.25) is 5.95 Å². The first-order valence-corrected chi connectivity index (χ1v) is 18.0. The van der Waals surface area contributed by atoms with E-state index in [1.165, 1.54) is 3.97 Å². The molecular formula is C37H40N6O4S. The average molecular weight is 665 g/mol. The van der Waals surface area contributed by atoms with Gasteiger partial charge in [0.15, 0.2) is 0 Å². The third kappa shape index (κ3) is 6.65. The van der Waals surface area contributed by atoms with Gasteiger partial charge in [0.1, 0.15) is 6.61 Å². The van der Waals surface area contributed by atoms with Crippen molar-refractivity contribution in [2.24, 2.45) is 0 Å². The van der Waals surface area contributed by atoms with Crippen molar-refractivity contribution in [3.05, 3.63) is 108 Å². The lowest BCUT2D eigenvalue weighted by atomic mass is 9.89. The molecule has 3 heterocycles. The fourth-order valence-electron chi connectivity index (χ4n) is 6.92. The molecule has 1 aliphatic carbocycles. The molecule has 48 heavy (non-hydrogen) atoms. The van der Waals surface area contributed by atoms with Gasteiger partial charge in [-0.1, -0.05) is 66.7 Å². The molecule has 2 atom stereocenters. The second-order valence-corrected chi connectivity index (χ2v) is 14.4. The summed E-state index contributed by atoms with van der Waals surface area (Å²) in [4.78, 5) is 26.8. The quantitative estimate of drug-likeness (QED) is 0.205. The Balaban J connectivity index is 1.03. The molecule has 1 saturated heterocycles. The molecule has 11 heteroatoms. The number of fused-ring (bicyclic) bond motifs is 1. The van der Waals surface area contributed by atoms with E-state index in [0.717, 1.165) is 60.8 Å². The van der Waals surface area contributed by atoms with Gasteiger partial charge in [-0.25, -0.2) is 27.2 Å². The van der Waals surface area contributed by atoms with E-state index in [0.29, 0.717) is 36.3 Å². The third-order valence-corrected chi connectivity index (χ3v) is 11.2. The average Bonchev–Trinajstić information content (AvgIpc) is 3.53. The Morgan fingerprint density at radius 3 is 2.40 bits per heavy atom. The number of nitrogens with one attached hydrogen (secondary N) is 1. The standard InChI is InChI=1S/C37H40N6O4S/c1-27-24-38-36(40-35(27)33-25-43(34-18-9-8-17-32(33)34)48(45,46)31-15-6-3-7-16-31)39-29-13-10-14-30(23-29)41-19-21-42(22-20-41)37(44)47-26-28-11-4-2-5-12-28/h2-9,11-12,15-18,24-25,29-30H,10,13-14,19-23,26H2,1H3,(H,38,39,40)/t29-,30+/m1/s1. The van der Waals surface area contributed by atoms with Crippen LogP contribution >= 0.6 is 0 Å². The van der Waals surface area contributed by atoms with E-state index in [1.807, 2.05) is 66.4 Å². The van der Waals surface area contributed by atoms with Crippen molar-refractivity contribution in [3.8, 4) is 11.3 Å². The van der Waals surface area contributed by atoms with Crippen LogP contribution in [0.2, 0.25) is 0 Å². The largest absolute Gasteiger partial charge is 0.445 e. The van der Waals surface area contributed by atoms with Gasteiger partial charge >= 0.3 is 6.09 Å². The Bertz CT molecular complexity index is 1990. The lowest BCUT2D eigenvalue weighted by Crippen LogP contribution is -2.53. The molecule has 248 valence electrons. The molecule has 0 unspecified atom stereocenters. The summed E-state index contributed by atoms with van der Waals surface area (Å²) in [6.45, 7) is 5.18. The van der Waals surface area contributed by atoms with Gasteiger partial charge in [0, 0.05) is 61.6 Å². The summed E-state index contributed by atoms with van der Waals surface area (Å²) in [6, 6.07) is 26.4. The maximum absolute atomic E-state index is 13.7. The Hall–Kier alpha value is -4.74. The van der Waals surface area contributed by atoms with Crippen molar-refractivity contribution in [2.45, 2.75) is 56.2 Å². The van der Waals surface area contributed by atoms with E-state index in [-0.39, 0.29) is 23.6 Å². The molecule has 2 fully saturated rings. The van der Waals surface area contributed by atoms with E-state index < -0.39 is 10.0 Å². The van der Waals surface area contributed by atoms with Crippen LogP contribution in [0.5, 0.6) is 0 Å². The Morgan fingerprint density at radius 1 is 0.917 bits per heavy atom. The maximum Gasteiger partial charge on any atom is 0.410 e. The molecular weight excluding hydrogens is 625 g/mol. The molecule has 0 radical (unpaired) electrons. The second-order valence-electron chi connectivity index (χ2n) is 12.6. The van der Waals surface area contributed by atoms with Gasteiger partial charge in [0.25, 0.3) is 10.0 Å².